The molecule has 0 radical (unpaired) electrons. The van der Waals surface area contributed by atoms with Crippen LogP contribution in [0.4, 0.5) is 16.2 Å². The first-order valence-electron chi connectivity index (χ1n) is 15.9. The van der Waals surface area contributed by atoms with Crippen molar-refractivity contribution in [2.75, 3.05) is 36.6 Å². The van der Waals surface area contributed by atoms with Gasteiger partial charge in [-0.05, 0) is 86.9 Å². The van der Waals surface area contributed by atoms with E-state index in [-0.39, 0.29) is 24.0 Å². The number of carbonyl (C=O) groups excluding carboxylic acids is 3. The van der Waals surface area contributed by atoms with Gasteiger partial charge in [-0.2, -0.15) is 0 Å². The Morgan fingerprint density at radius 2 is 1.50 bits per heavy atom. The van der Waals surface area contributed by atoms with Crippen LogP contribution in [0.3, 0.4) is 0 Å². The van der Waals surface area contributed by atoms with Crippen molar-refractivity contribution in [1.82, 2.24) is 5.32 Å². The predicted molar refractivity (Wildman–Crippen MR) is 190 cm³/mol. The Labute approximate surface area is 287 Å². The van der Waals surface area contributed by atoms with Gasteiger partial charge in [0.25, 0.3) is 11.8 Å². The van der Waals surface area contributed by atoms with Crippen LogP contribution in [0.1, 0.15) is 52.5 Å². The van der Waals surface area contributed by atoms with E-state index in [2.05, 4.69) is 57.0 Å². The number of ether oxygens (including phenoxy) is 2. The van der Waals surface area contributed by atoms with Crippen molar-refractivity contribution >= 4 is 51.2 Å². The fourth-order valence-corrected chi connectivity index (χ4v) is 7.71. The van der Waals surface area contributed by atoms with Crippen molar-refractivity contribution in [2.45, 2.75) is 24.7 Å². The first kappa shape index (κ1) is 31.4. The Hall–Kier alpha value is -5.15. The van der Waals surface area contributed by atoms with Gasteiger partial charge in [-0.25, -0.2) is 9.69 Å². The summed E-state index contributed by atoms with van der Waals surface area (Å²) in [7, 11) is 1.51. The number of urea groups is 1. The summed E-state index contributed by atoms with van der Waals surface area (Å²) in [5.41, 5.74) is 6.47. The molecule has 242 valence electrons. The van der Waals surface area contributed by atoms with Crippen LogP contribution in [0.25, 0.3) is 6.08 Å². The maximum absolute atomic E-state index is 14.2. The maximum atomic E-state index is 14.2. The van der Waals surface area contributed by atoms with Gasteiger partial charge in [-0.3, -0.25) is 14.9 Å². The van der Waals surface area contributed by atoms with E-state index < -0.39 is 17.8 Å². The van der Waals surface area contributed by atoms with Crippen LogP contribution in [-0.4, -0.2) is 44.7 Å². The lowest BCUT2D eigenvalue weighted by molar-refractivity contribution is -0.122. The van der Waals surface area contributed by atoms with Gasteiger partial charge in [0.05, 0.1) is 17.3 Å². The monoisotopic (exact) mass is 703 g/mol. The fourth-order valence-electron chi connectivity index (χ4n) is 7.13. The van der Waals surface area contributed by atoms with E-state index in [0.717, 1.165) is 42.0 Å². The zero-order valence-corrected chi connectivity index (χ0v) is 28.0. The first-order valence-corrected chi connectivity index (χ1v) is 16.7. The number of anilines is 2. The molecule has 0 saturated carbocycles. The third-order valence-corrected chi connectivity index (χ3v) is 9.86. The molecular weight excluding hydrogens is 670 g/mol. The summed E-state index contributed by atoms with van der Waals surface area (Å²) in [6.07, 6.45) is 4.89. The van der Waals surface area contributed by atoms with E-state index in [1.54, 1.807) is 18.2 Å². The molecule has 8 nitrogen and oxygen atoms in total. The highest BCUT2D eigenvalue weighted by atomic mass is 79.9. The number of hydrogen-bond donors (Lipinski definition) is 1. The van der Waals surface area contributed by atoms with Crippen LogP contribution in [-0.2, 0) is 9.59 Å². The fraction of sp³-hybridized carbons (Fsp3) is 0.205. The summed E-state index contributed by atoms with van der Waals surface area (Å²) in [4.78, 5) is 44.5. The van der Waals surface area contributed by atoms with Crippen LogP contribution >= 0.6 is 15.9 Å². The minimum atomic E-state index is -0.780. The first-order chi connectivity index (χ1) is 23.4. The molecule has 1 N–H and O–H groups in total. The molecule has 9 heteroatoms. The van der Waals surface area contributed by atoms with Gasteiger partial charge in [0, 0.05) is 30.6 Å². The number of imide groups is 2. The highest BCUT2D eigenvalue weighted by Gasteiger charge is 2.40. The number of nitrogens with zero attached hydrogens (tertiary/aromatic N) is 2. The predicted octanol–water partition coefficient (Wildman–Crippen LogP) is 7.57. The van der Waals surface area contributed by atoms with Gasteiger partial charge < -0.3 is 14.4 Å². The van der Waals surface area contributed by atoms with Crippen LogP contribution in [0.5, 0.6) is 11.5 Å². The van der Waals surface area contributed by atoms with Crippen LogP contribution in [0, 0.1) is 0 Å². The number of methoxy groups -OCH3 is 1. The molecule has 4 amide bonds. The van der Waals surface area contributed by atoms with Crippen LogP contribution in [0.15, 0.2) is 108 Å². The third-order valence-electron chi connectivity index (χ3n) is 9.27. The number of barbiturate groups is 1. The zero-order chi connectivity index (χ0) is 33.4. The van der Waals surface area contributed by atoms with E-state index >= 15 is 0 Å². The highest BCUT2D eigenvalue weighted by molar-refractivity contribution is 9.10. The molecule has 3 aliphatic heterocycles. The van der Waals surface area contributed by atoms with Crippen molar-refractivity contribution < 1.29 is 23.9 Å². The lowest BCUT2D eigenvalue weighted by Crippen LogP contribution is -2.54. The molecule has 0 bridgehead atoms. The number of rotatable bonds is 8. The summed E-state index contributed by atoms with van der Waals surface area (Å²) in [5.74, 6) is -0.429. The van der Waals surface area contributed by atoms with E-state index in [0.29, 0.717) is 27.2 Å². The average Bonchev–Trinajstić information content (AvgIpc) is 3.10. The topological polar surface area (TPSA) is 88.2 Å². The second-order valence-corrected chi connectivity index (χ2v) is 12.9. The third kappa shape index (κ3) is 5.68. The SMILES string of the molecule is C=CCOc1c(Br)cc(/C=C2\C(=O)NC(=O)N(c3cc4c5c(c3)[C@@H](c3ccccc3)CCN5CC[C@@H]4c3ccccc3)C2=O)cc1OC. The minimum absolute atomic E-state index is 0.0805. The molecule has 4 aromatic rings. The van der Waals surface area contributed by atoms with Gasteiger partial charge in [0.1, 0.15) is 12.2 Å². The van der Waals surface area contributed by atoms with Gasteiger partial charge in [-0.1, -0.05) is 73.3 Å². The second kappa shape index (κ2) is 13.2. The largest absolute Gasteiger partial charge is 0.493 e. The van der Waals surface area contributed by atoms with E-state index in [1.165, 1.54) is 30.0 Å². The second-order valence-electron chi connectivity index (χ2n) is 12.1. The van der Waals surface area contributed by atoms with Crippen molar-refractivity contribution in [1.29, 1.82) is 0 Å². The van der Waals surface area contributed by atoms with Gasteiger partial charge in [0.2, 0.25) is 0 Å². The molecule has 0 unspecified atom stereocenters. The summed E-state index contributed by atoms with van der Waals surface area (Å²) >= 11 is 3.51. The molecule has 3 heterocycles. The minimum Gasteiger partial charge on any atom is -0.493 e. The lowest BCUT2D eigenvalue weighted by atomic mass is 9.76. The summed E-state index contributed by atoms with van der Waals surface area (Å²) < 4.78 is 11.8. The quantitative estimate of drug-likeness (QED) is 0.116. The molecule has 3 aliphatic rings. The van der Waals surface area contributed by atoms with Crippen molar-refractivity contribution in [3.05, 3.63) is 135 Å². The number of nitrogens with one attached hydrogen (secondary N) is 1. The average molecular weight is 705 g/mol. The van der Waals surface area contributed by atoms with E-state index in [1.807, 2.05) is 48.5 Å². The summed E-state index contributed by atoms with van der Waals surface area (Å²) in [6, 6.07) is 27.3. The summed E-state index contributed by atoms with van der Waals surface area (Å²) in [5, 5.41) is 2.41. The number of amides is 4. The normalized spacial score (nSPS) is 19.5. The molecule has 48 heavy (non-hydrogen) atoms. The molecule has 7 rings (SSSR count). The number of hydrogen-bond acceptors (Lipinski definition) is 6. The molecule has 0 spiro atoms. The Balaban J connectivity index is 1.35. The smallest absolute Gasteiger partial charge is 0.335 e. The lowest BCUT2D eigenvalue weighted by Gasteiger charge is -2.44. The maximum Gasteiger partial charge on any atom is 0.335 e. The Morgan fingerprint density at radius 1 is 0.896 bits per heavy atom. The molecule has 2 atom stereocenters. The Bertz CT molecular complexity index is 1890. The van der Waals surface area contributed by atoms with Crippen molar-refractivity contribution in [3.8, 4) is 11.5 Å². The Kier molecular flexibility index (Phi) is 8.62. The van der Waals surface area contributed by atoms with E-state index in [9.17, 15) is 14.4 Å². The van der Waals surface area contributed by atoms with E-state index in [4.69, 9.17) is 9.47 Å². The molecule has 0 aromatic heterocycles. The van der Waals surface area contributed by atoms with Crippen molar-refractivity contribution in [3.63, 3.8) is 0 Å². The number of halogens is 1. The molecule has 0 aliphatic carbocycles. The van der Waals surface area contributed by atoms with Gasteiger partial charge >= 0.3 is 6.03 Å². The van der Waals surface area contributed by atoms with Crippen LogP contribution < -0.4 is 24.6 Å². The molecular formula is C39H34BrN3O5. The van der Waals surface area contributed by atoms with Gasteiger partial charge in [0.15, 0.2) is 11.5 Å². The standard InChI is InChI=1S/C39H34BrN3O5/c1-3-18-48-36-33(40)20-24(21-34(36)47-2)19-32-37(44)41-39(46)43(38(32)45)27-22-30-28(25-10-6-4-7-11-25)14-16-42-17-15-29(31(23-27)35(30)42)26-12-8-5-9-13-26/h3-13,19-23,28-29H,1,14-18H2,2H3,(H,41,44,46)/b32-19+/t28-,29-/m1/s1. The molecule has 4 aromatic carbocycles. The summed E-state index contributed by atoms with van der Waals surface area (Å²) in [6.45, 7) is 5.79. The van der Waals surface area contributed by atoms with Gasteiger partial charge in [-0.15, -0.1) is 0 Å². The number of carbonyl (C=O) groups is 3. The zero-order valence-electron chi connectivity index (χ0n) is 26.4. The molecule has 1 fully saturated rings. The molecule has 1 saturated heterocycles. The number of benzene rings is 4. The highest BCUT2D eigenvalue weighted by Crippen LogP contribution is 2.50. The van der Waals surface area contributed by atoms with Crippen molar-refractivity contribution in [2.24, 2.45) is 0 Å². The Morgan fingerprint density at radius 3 is 2.06 bits per heavy atom. The van der Waals surface area contributed by atoms with Crippen LogP contribution in [0.2, 0.25) is 0 Å².